The molecule has 0 aromatic rings. The van der Waals surface area contributed by atoms with Crippen molar-refractivity contribution in [1.82, 2.24) is 5.32 Å². The lowest BCUT2D eigenvalue weighted by atomic mass is 9.83. The monoisotopic (exact) mass is 167 g/mol. The number of urea groups is 1. The lowest BCUT2D eigenvalue weighted by Crippen LogP contribution is -2.50. The highest BCUT2D eigenvalue weighted by atomic mass is 16.2. The highest BCUT2D eigenvalue weighted by molar-refractivity contribution is 5.97. The Morgan fingerprint density at radius 3 is 3.00 bits per heavy atom. The van der Waals surface area contributed by atoms with Crippen molar-refractivity contribution in [3.63, 3.8) is 0 Å². The Morgan fingerprint density at radius 2 is 2.17 bits per heavy atom. The first-order valence-corrected chi connectivity index (χ1v) is 4.42. The number of amidine groups is 1. The topological polar surface area (TPSA) is 67.5 Å². The van der Waals surface area contributed by atoms with Crippen molar-refractivity contribution in [2.45, 2.75) is 31.7 Å². The number of carbonyl (C=O) groups excluding carboxylic acids is 1. The Morgan fingerprint density at radius 1 is 1.42 bits per heavy atom. The van der Waals surface area contributed by atoms with Crippen molar-refractivity contribution in [3.8, 4) is 0 Å². The zero-order valence-corrected chi connectivity index (χ0v) is 6.92. The van der Waals surface area contributed by atoms with E-state index in [1.165, 1.54) is 12.8 Å². The summed E-state index contributed by atoms with van der Waals surface area (Å²) in [4.78, 5) is 14.7. The molecule has 66 valence electrons. The fourth-order valence-electron chi connectivity index (χ4n) is 2.05. The maximum absolute atomic E-state index is 10.9. The average Bonchev–Trinajstić information content (AvgIpc) is 2.04. The second-order valence-corrected chi connectivity index (χ2v) is 3.48. The number of rotatable bonds is 0. The van der Waals surface area contributed by atoms with E-state index in [0.717, 1.165) is 12.8 Å². The maximum atomic E-state index is 10.9. The summed E-state index contributed by atoms with van der Waals surface area (Å²) in [6.07, 6.45) is 4.51. The first kappa shape index (κ1) is 7.58. The fourth-order valence-corrected chi connectivity index (χ4v) is 2.05. The van der Waals surface area contributed by atoms with Gasteiger partial charge in [-0.05, 0) is 12.8 Å². The van der Waals surface area contributed by atoms with Gasteiger partial charge in [-0.25, -0.2) is 4.79 Å². The molecule has 1 aliphatic heterocycles. The van der Waals surface area contributed by atoms with Crippen molar-refractivity contribution in [1.29, 1.82) is 0 Å². The van der Waals surface area contributed by atoms with Gasteiger partial charge in [-0.2, -0.15) is 4.99 Å². The highest BCUT2D eigenvalue weighted by Crippen LogP contribution is 2.26. The number of nitrogens with two attached hydrogens (primary N) is 1. The van der Waals surface area contributed by atoms with Crippen LogP contribution in [0.25, 0.3) is 0 Å². The molecule has 0 bridgehead atoms. The first-order valence-electron chi connectivity index (χ1n) is 4.42. The molecule has 1 fully saturated rings. The van der Waals surface area contributed by atoms with Crippen LogP contribution >= 0.6 is 0 Å². The van der Waals surface area contributed by atoms with Gasteiger partial charge in [0.25, 0.3) is 0 Å². The van der Waals surface area contributed by atoms with E-state index < -0.39 is 0 Å². The van der Waals surface area contributed by atoms with Crippen molar-refractivity contribution >= 4 is 11.9 Å². The van der Waals surface area contributed by atoms with E-state index in [2.05, 4.69) is 10.3 Å². The quantitative estimate of drug-likeness (QED) is 0.555. The number of nitrogens with one attached hydrogen (secondary N) is 1. The van der Waals surface area contributed by atoms with Crippen LogP contribution in [-0.4, -0.2) is 17.9 Å². The molecule has 3 N–H and O–H groups in total. The summed E-state index contributed by atoms with van der Waals surface area (Å²) in [6, 6.07) is -0.0144. The van der Waals surface area contributed by atoms with Crippen molar-refractivity contribution < 1.29 is 4.79 Å². The molecular weight excluding hydrogens is 154 g/mol. The predicted octanol–water partition coefficient (Wildman–Crippen LogP) is 0.626. The van der Waals surface area contributed by atoms with Crippen LogP contribution in [-0.2, 0) is 0 Å². The Bertz CT molecular complexity index is 236. The highest BCUT2D eigenvalue weighted by Gasteiger charge is 2.32. The second-order valence-electron chi connectivity index (χ2n) is 3.48. The van der Waals surface area contributed by atoms with E-state index in [1.54, 1.807) is 0 Å². The molecule has 0 aromatic carbocycles. The van der Waals surface area contributed by atoms with Crippen LogP contribution in [0.15, 0.2) is 4.99 Å². The Labute approximate surface area is 71.2 Å². The van der Waals surface area contributed by atoms with Gasteiger partial charge in [-0.3, -0.25) is 0 Å². The van der Waals surface area contributed by atoms with Gasteiger partial charge in [-0.1, -0.05) is 12.8 Å². The van der Waals surface area contributed by atoms with E-state index in [0.29, 0.717) is 11.8 Å². The summed E-state index contributed by atoms with van der Waals surface area (Å²) in [5.74, 6) is 0.833. The zero-order chi connectivity index (χ0) is 8.55. The van der Waals surface area contributed by atoms with Gasteiger partial charge in [0.2, 0.25) is 0 Å². The minimum absolute atomic E-state index is 0.253. The smallest absolute Gasteiger partial charge is 0.342 e. The molecule has 2 atom stereocenters. The molecule has 12 heavy (non-hydrogen) atoms. The number of fused-ring (bicyclic) bond motifs is 1. The van der Waals surface area contributed by atoms with Gasteiger partial charge in [0.15, 0.2) is 0 Å². The summed E-state index contributed by atoms with van der Waals surface area (Å²) in [5.41, 5.74) is 5.67. The Kier molecular flexibility index (Phi) is 1.75. The summed E-state index contributed by atoms with van der Waals surface area (Å²) in [5, 5.41) is 2.84. The number of amides is 2. The SMILES string of the molecule is NC1=NC(=O)NC2CCCCC12. The molecule has 0 saturated heterocycles. The molecule has 2 unspecified atom stereocenters. The van der Waals surface area contributed by atoms with Crippen LogP contribution in [0.1, 0.15) is 25.7 Å². The molecule has 2 aliphatic rings. The standard InChI is InChI=1S/C8H13N3O/c9-7-5-3-1-2-4-6(5)10-8(12)11-7/h5-6H,1-4H2,(H3,9,10,11,12). The zero-order valence-electron chi connectivity index (χ0n) is 6.92. The lowest BCUT2D eigenvalue weighted by Gasteiger charge is -2.33. The Balaban J connectivity index is 2.19. The lowest BCUT2D eigenvalue weighted by molar-refractivity contribution is 0.231. The summed E-state index contributed by atoms with van der Waals surface area (Å²) in [7, 11) is 0. The molecule has 4 heteroatoms. The van der Waals surface area contributed by atoms with E-state index >= 15 is 0 Å². The van der Waals surface area contributed by atoms with Gasteiger partial charge in [0.05, 0.1) is 0 Å². The summed E-state index contributed by atoms with van der Waals surface area (Å²) >= 11 is 0. The summed E-state index contributed by atoms with van der Waals surface area (Å²) < 4.78 is 0. The number of hydrogen-bond acceptors (Lipinski definition) is 2. The molecule has 0 radical (unpaired) electrons. The van der Waals surface area contributed by atoms with Crippen LogP contribution in [0.4, 0.5) is 4.79 Å². The molecule has 4 nitrogen and oxygen atoms in total. The van der Waals surface area contributed by atoms with Crippen LogP contribution in [0.2, 0.25) is 0 Å². The molecule has 1 saturated carbocycles. The first-order chi connectivity index (χ1) is 5.77. The molecule has 1 aliphatic carbocycles. The third-order valence-electron chi connectivity index (χ3n) is 2.69. The van der Waals surface area contributed by atoms with Gasteiger partial charge in [0, 0.05) is 12.0 Å². The largest absolute Gasteiger partial charge is 0.387 e. The van der Waals surface area contributed by atoms with Crippen LogP contribution in [0, 0.1) is 5.92 Å². The number of nitrogens with zero attached hydrogens (tertiary/aromatic N) is 1. The van der Waals surface area contributed by atoms with Gasteiger partial charge >= 0.3 is 6.03 Å². The summed E-state index contributed by atoms with van der Waals surface area (Å²) in [6.45, 7) is 0. The third kappa shape index (κ3) is 1.17. The van der Waals surface area contributed by atoms with Crippen molar-refractivity contribution in [2.75, 3.05) is 0 Å². The van der Waals surface area contributed by atoms with Crippen molar-refractivity contribution in [3.05, 3.63) is 0 Å². The second kappa shape index (κ2) is 2.77. The van der Waals surface area contributed by atoms with Crippen molar-refractivity contribution in [2.24, 2.45) is 16.6 Å². The van der Waals surface area contributed by atoms with E-state index in [9.17, 15) is 4.79 Å². The van der Waals surface area contributed by atoms with Crippen LogP contribution in [0.3, 0.4) is 0 Å². The maximum Gasteiger partial charge on any atom is 0.342 e. The van der Waals surface area contributed by atoms with Crippen LogP contribution < -0.4 is 11.1 Å². The number of hydrogen-bond donors (Lipinski definition) is 2. The van der Waals surface area contributed by atoms with Gasteiger partial charge in [-0.15, -0.1) is 0 Å². The molecular formula is C8H13N3O. The predicted molar refractivity (Wildman–Crippen MR) is 45.9 cm³/mol. The Hall–Kier alpha value is -1.06. The minimum Gasteiger partial charge on any atom is -0.387 e. The third-order valence-corrected chi connectivity index (χ3v) is 2.69. The number of aliphatic imine (C=N–C) groups is 1. The minimum atomic E-state index is -0.268. The van der Waals surface area contributed by atoms with E-state index in [4.69, 9.17) is 5.73 Å². The van der Waals surface area contributed by atoms with E-state index in [-0.39, 0.29) is 12.1 Å². The molecule has 0 spiro atoms. The fraction of sp³-hybridized carbons (Fsp3) is 0.750. The van der Waals surface area contributed by atoms with Gasteiger partial charge in [0.1, 0.15) is 5.84 Å². The van der Waals surface area contributed by atoms with E-state index in [1.807, 2.05) is 0 Å². The molecule has 2 rings (SSSR count). The average molecular weight is 167 g/mol. The molecule has 2 amide bonds. The normalized spacial score (nSPS) is 35.0. The van der Waals surface area contributed by atoms with Gasteiger partial charge < -0.3 is 11.1 Å². The molecule has 0 aromatic heterocycles. The molecule has 1 heterocycles. The number of carbonyl (C=O) groups is 1. The van der Waals surface area contributed by atoms with Crippen LogP contribution in [0.5, 0.6) is 0 Å².